The Bertz CT molecular complexity index is 118. The van der Waals surface area contributed by atoms with Crippen LogP contribution in [0.5, 0.6) is 0 Å². The minimum atomic E-state index is 0.145. The van der Waals surface area contributed by atoms with Crippen molar-refractivity contribution in [3.05, 3.63) is 0 Å². The van der Waals surface area contributed by atoms with Crippen molar-refractivity contribution in [2.24, 2.45) is 5.84 Å². The molecule has 0 radical (unpaired) electrons. The minimum Gasteiger partial charge on any atom is -0.378 e. The van der Waals surface area contributed by atoms with Gasteiger partial charge >= 0.3 is 0 Å². The smallest absolute Gasteiger partial charge is 0.0694 e. The van der Waals surface area contributed by atoms with E-state index < -0.39 is 0 Å². The second-order valence-corrected chi connectivity index (χ2v) is 3.51. The molecule has 0 aliphatic heterocycles. The average molecular weight is 158 g/mol. The van der Waals surface area contributed by atoms with Crippen molar-refractivity contribution in [2.75, 3.05) is 7.11 Å². The van der Waals surface area contributed by atoms with Crippen LogP contribution in [0.25, 0.3) is 0 Å². The molecule has 0 aromatic carbocycles. The van der Waals surface area contributed by atoms with E-state index in [0.717, 1.165) is 6.42 Å². The summed E-state index contributed by atoms with van der Waals surface area (Å²) < 4.78 is 5.45. The second kappa shape index (κ2) is 3.52. The van der Waals surface area contributed by atoms with Crippen molar-refractivity contribution >= 4 is 0 Å². The molecule has 0 aromatic heterocycles. The second-order valence-electron chi connectivity index (χ2n) is 3.51. The molecule has 1 saturated carbocycles. The Morgan fingerprint density at radius 2 is 2.27 bits per heavy atom. The van der Waals surface area contributed by atoms with Gasteiger partial charge in [0.2, 0.25) is 0 Å². The van der Waals surface area contributed by atoms with Crippen LogP contribution in [-0.4, -0.2) is 18.8 Å². The van der Waals surface area contributed by atoms with E-state index in [1.54, 1.807) is 7.11 Å². The van der Waals surface area contributed by atoms with Crippen LogP contribution >= 0.6 is 0 Å². The number of methoxy groups -OCH3 is 1. The van der Waals surface area contributed by atoms with Gasteiger partial charge in [-0.3, -0.25) is 11.3 Å². The molecular weight excluding hydrogens is 140 g/mol. The molecule has 1 unspecified atom stereocenters. The topological polar surface area (TPSA) is 47.3 Å². The molecule has 3 nitrogen and oxygen atoms in total. The maximum absolute atomic E-state index is 5.45. The van der Waals surface area contributed by atoms with Crippen LogP contribution in [0.4, 0.5) is 0 Å². The lowest BCUT2D eigenvalue weighted by Crippen LogP contribution is -2.46. The monoisotopic (exact) mass is 158 g/mol. The lowest BCUT2D eigenvalue weighted by Gasteiger charge is -2.42. The molecule has 1 rings (SSSR count). The molecule has 3 N–H and O–H groups in total. The molecule has 11 heavy (non-hydrogen) atoms. The van der Waals surface area contributed by atoms with Crippen molar-refractivity contribution in [3.8, 4) is 0 Å². The van der Waals surface area contributed by atoms with Gasteiger partial charge < -0.3 is 4.74 Å². The minimum absolute atomic E-state index is 0.145. The number of hydrazine groups is 1. The van der Waals surface area contributed by atoms with E-state index >= 15 is 0 Å². The van der Waals surface area contributed by atoms with Crippen LogP contribution in [0.2, 0.25) is 0 Å². The third-order valence-electron chi connectivity index (χ3n) is 2.66. The van der Waals surface area contributed by atoms with E-state index in [-0.39, 0.29) is 5.60 Å². The number of rotatable bonds is 4. The van der Waals surface area contributed by atoms with Gasteiger partial charge in [-0.25, -0.2) is 0 Å². The highest BCUT2D eigenvalue weighted by molar-refractivity contribution is 4.91. The van der Waals surface area contributed by atoms with Gasteiger partial charge in [0.05, 0.1) is 5.60 Å². The maximum Gasteiger partial charge on any atom is 0.0694 e. The van der Waals surface area contributed by atoms with E-state index in [4.69, 9.17) is 10.6 Å². The summed E-state index contributed by atoms with van der Waals surface area (Å²) in [5.41, 5.74) is 2.89. The van der Waals surface area contributed by atoms with E-state index in [1.165, 1.54) is 19.3 Å². The fourth-order valence-corrected chi connectivity index (χ4v) is 1.68. The van der Waals surface area contributed by atoms with Crippen molar-refractivity contribution in [1.82, 2.24) is 5.43 Å². The SMILES string of the molecule is COC1(CC(C)NN)CCC1. The standard InChI is InChI=1S/C8H18N2O/c1-7(10-9)6-8(11-2)4-3-5-8/h7,10H,3-6,9H2,1-2H3. The van der Waals surface area contributed by atoms with Gasteiger partial charge in [-0.1, -0.05) is 0 Å². The van der Waals surface area contributed by atoms with E-state index in [1.807, 2.05) is 0 Å². The van der Waals surface area contributed by atoms with Gasteiger partial charge in [-0.2, -0.15) is 0 Å². The predicted molar refractivity (Wildman–Crippen MR) is 45.0 cm³/mol. The van der Waals surface area contributed by atoms with Gasteiger partial charge in [-0.15, -0.1) is 0 Å². The maximum atomic E-state index is 5.45. The van der Waals surface area contributed by atoms with Crippen LogP contribution in [0.1, 0.15) is 32.6 Å². The quantitative estimate of drug-likeness (QED) is 0.470. The first-order chi connectivity index (χ1) is 5.22. The van der Waals surface area contributed by atoms with Gasteiger partial charge in [-0.05, 0) is 32.6 Å². The number of hydrogen-bond donors (Lipinski definition) is 2. The summed E-state index contributed by atoms with van der Waals surface area (Å²) in [5.74, 6) is 5.31. The molecule has 3 heteroatoms. The first-order valence-electron chi connectivity index (χ1n) is 4.24. The summed E-state index contributed by atoms with van der Waals surface area (Å²) in [7, 11) is 1.79. The number of hydrogen-bond acceptors (Lipinski definition) is 3. The number of nitrogens with one attached hydrogen (secondary N) is 1. The molecular formula is C8H18N2O. The summed E-state index contributed by atoms with van der Waals surface area (Å²) in [6, 6.07) is 0.357. The first-order valence-corrected chi connectivity index (χ1v) is 4.24. The Hall–Kier alpha value is -0.120. The highest BCUT2D eigenvalue weighted by atomic mass is 16.5. The Labute approximate surface area is 68.3 Å². The molecule has 1 atom stereocenters. The van der Waals surface area contributed by atoms with Crippen molar-refractivity contribution < 1.29 is 4.74 Å². The van der Waals surface area contributed by atoms with Crippen molar-refractivity contribution in [1.29, 1.82) is 0 Å². The Morgan fingerprint density at radius 1 is 1.64 bits per heavy atom. The molecule has 0 heterocycles. The van der Waals surface area contributed by atoms with Crippen LogP contribution in [0.15, 0.2) is 0 Å². The van der Waals surface area contributed by atoms with Gasteiger partial charge in [0.15, 0.2) is 0 Å². The molecule has 1 aliphatic carbocycles. The molecule has 1 fully saturated rings. The molecule has 66 valence electrons. The molecule has 0 spiro atoms. The zero-order valence-electron chi connectivity index (χ0n) is 7.39. The Kier molecular flexibility index (Phi) is 2.87. The van der Waals surface area contributed by atoms with Crippen molar-refractivity contribution in [3.63, 3.8) is 0 Å². The summed E-state index contributed by atoms with van der Waals surface area (Å²) in [5, 5.41) is 0. The van der Waals surface area contributed by atoms with Crippen molar-refractivity contribution in [2.45, 2.75) is 44.2 Å². The average Bonchev–Trinajstić information content (AvgIpc) is 1.96. The van der Waals surface area contributed by atoms with Crippen LogP contribution < -0.4 is 11.3 Å². The largest absolute Gasteiger partial charge is 0.378 e. The summed E-state index contributed by atoms with van der Waals surface area (Å²) in [6.07, 6.45) is 4.70. The van der Waals surface area contributed by atoms with Gasteiger partial charge in [0.25, 0.3) is 0 Å². The Morgan fingerprint density at radius 3 is 2.55 bits per heavy atom. The van der Waals surface area contributed by atoms with Gasteiger partial charge in [0, 0.05) is 13.2 Å². The lowest BCUT2D eigenvalue weighted by atomic mass is 9.76. The fraction of sp³-hybridized carbons (Fsp3) is 1.00. The molecule has 0 bridgehead atoms. The zero-order chi connectivity index (χ0) is 8.32. The van der Waals surface area contributed by atoms with Gasteiger partial charge in [0.1, 0.15) is 0 Å². The zero-order valence-corrected chi connectivity index (χ0v) is 7.39. The van der Waals surface area contributed by atoms with Crippen LogP contribution in [0.3, 0.4) is 0 Å². The first kappa shape index (κ1) is 8.97. The normalized spacial score (nSPS) is 24.3. The number of ether oxygens (including phenoxy) is 1. The summed E-state index contributed by atoms with van der Waals surface area (Å²) in [6.45, 7) is 2.08. The predicted octanol–water partition coefficient (Wildman–Crippen LogP) is 0.797. The van der Waals surface area contributed by atoms with Crippen LogP contribution in [-0.2, 0) is 4.74 Å². The third-order valence-corrected chi connectivity index (χ3v) is 2.66. The summed E-state index contributed by atoms with van der Waals surface area (Å²) in [4.78, 5) is 0. The molecule has 0 saturated heterocycles. The fourth-order valence-electron chi connectivity index (χ4n) is 1.68. The molecule has 0 aromatic rings. The van der Waals surface area contributed by atoms with E-state index in [0.29, 0.717) is 6.04 Å². The van der Waals surface area contributed by atoms with E-state index in [2.05, 4.69) is 12.3 Å². The third kappa shape index (κ3) is 1.92. The lowest BCUT2D eigenvalue weighted by molar-refractivity contribution is -0.0824. The summed E-state index contributed by atoms with van der Waals surface area (Å²) >= 11 is 0. The Balaban J connectivity index is 2.32. The number of nitrogens with two attached hydrogens (primary N) is 1. The van der Waals surface area contributed by atoms with E-state index in [9.17, 15) is 0 Å². The van der Waals surface area contributed by atoms with Crippen LogP contribution in [0, 0.1) is 0 Å². The molecule has 1 aliphatic rings. The highest BCUT2D eigenvalue weighted by Gasteiger charge is 2.37. The molecule has 0 amide bonds. The highest BCUT2D eigenvalue weighted by Crippen LogP contribution is 2.38.